The molecule has 2 N–H and O–H groups in total. The molecule has 0 aliphatic carbocycles. The Balaban J connectivity index is 2.67. The molecule has 7 heteroatoms. The van der Waals surface area contributed by atoms with Crippen molar-refractivity contribution in [3.8, 4) is 0 Å². The van der Waals surface area contributed by atoms with E-state index in [0.717, 1.165) is 0 Å². The molecule has 7 nitrogen and oxygen atoms in total. The number of rotatable bonds is 3. The molecule has 1 aliphatic rings. The van der Waals surface area contributed by atoms with Crippen LogP contribution in [0.5, 0.6) is 0 Å². The normalized spacial score (nSPS) is 20.4. The van der Waals surface area contributed by atoms with Crippen LogP contribution < -0.4 is 5.32 Å². The van der Waals surface area contributed by atoms with Gasteiger partial charge in [0.05, 0.1) is 0 Å². The lowest BCUT2D eigenvalue weighted by atomic mass is 10.2. The minimum Gasteiger partial charge on any atom is -0.480 e. The van der Waals surface area contributed by atoms with E-state index in [4.69, 9.17) is 9.84 Å². The molecular weight excluding hydrogens is 264 g/mol. The predicted octanol–water partition coefficient (Wildman–Crippen LogP) is 0.975. The minimum absolute atomic E-state index is 0.439. The van der Waals surface area contributed by atoms with Crippen LogP contribution in [0.4, 0.5) is 4.79 Å². The fraction of sp³-hybridized carbons (Fsp3) is 0.769. The van der Waals surface area contributed by atoms with E-state index in [2.05, 4.69) is 5.32 Å². The second-order valence-corrected chi connectivity index (χ2v) is 5.90. The summed E-state index contributed by atoms with van der Waals surface area (Å²) < 4.78 is 5.25. The summed E-state index contributed by atoms with van der Waals surface area (Å²) in [5.74, 6) is -1.57. The van der Waals surface area contributed by atoms with Crippen molar-refractivity contribution in [1.82, 2.24) is 10.2 Å². The van der Waals surface area contributed by atoms with Crippen molar-refractivity contribution in [2.24, 2.45) is 0 Å². The highest BCUT2D eigenvalue weighted by molar-refractivity contribution is 5.89. The molecule has 0 bridgehead atoms. The van der Waals surface area contributed by atoms with Crippen LogP contribution in [0, 0.1) is 0 Å². The van der Waals surface area contributed by atoms with Gasteiger partial charge in [-0.25, -0.2) is 4.79 Å². The van der Waals surface area contributed by atoms with Crippen molar-refractivity contribution in [2.75, 3.05) is 6.54 Å². The van der Waals surface area contributed by atoms with Gasteiger partial charge >= 0.3 is 12.1 Å². The number of likely N-dealkylation sites (tertiary alicyclic amines) is 1. The van der Waals surface area contributed by atoms with Gasteiger partial charge in [0.25, 0.3) is 0 Å². The monoisotopic (exact) mass is 286 g/mol. The lowest BCUT2D eigenvalue weighted by molar-refractivity contribution is -0.141. The Kier molecular flexibility index (Phi) is 4.97. The number of carboxylic acid groups (broad SMARTS) is 1. The largest absolute Gasteiger partial charge is 0.480 e. The van der Waals surface area contributed by atoms with Crippen LogP contribution in [-0.2, 0) is 14.3 Å². The van der Waals surface area contributed by atoms with Gasteiger partial charge in [0.1, 0.15) is 17.7 Å². The molecule has 0 aromatic heterocycles. The third-order valence-corrected chi connectivity index (χ3v) is 2.91. The quantitative estimate of drug-likeness (QED) is 0.806. The molecule has 2 atom stereocenters. The Labute approximate surface area is 118 Å². The predicted molar refractivity (Wildman–Crippen MR) is 71.2 cm³/mol. The number of hydrogen-bond donors (Lipinski definition) is 2. The number of carbonyl (C=O) groups excluding carboxylic acids is 2. The lowest BCUT2D eigenvalue weighted by Gasteiger charge is -2.28. The van der Waals surface area contributed by atoms with Crippen molar-refractivity contribution >= 4 is 18.0 Å². The van der Waals surface area contributed by atoms with Gasteiger partial charge in [0.2, 0.25) is 5.91 Å². The zero-order chi connectivity index (χ0) is 15.5. The van der Waals surface area contributed by atoms with Crippen molar-refractivity contribution in [3.63, 3.8) is 0 Å². The van der Waals surface area contributed by atoms with Gasteiger partial charge in [0.15, 0.2) is 0 Å². The summed E-state index contributed by atoms with van der Waals surface area (Å²) in [6.07, 6.45) is 0.661. The zero-order valence-corrected chi connectivity index (χ0v) is 12.3. The van der Waals surface area contributed by atoms with Gasteiger partial charge in [-0.1, -0.05) is 0 Å². The van der Waals surface area contributed by atoms with Crippen molar-refractivity contribution in [1.29, 1.82) is 0 Å². The fourth-order valence-electron chi connectivity index (χ4n) is 1.95. The summed E-state index contributed by atoms with van der Waals surface area (Å²) in [6, 6.07) is -1.64. The first-order chi connectivity index (χ1) is 9.11. The lowest BCUT2D eigenvalue weighted by Crippen LogP contribution is -2.50. The molecule has 0 unspecified atom stereocenters. The maximum absolute atomic E-state index is 12.0. The van der Waals surface area contributed by atoms with Crippen LogP contribution in [0.15, 0.2) is 0 Å². The number of amides is 2. The SMILES string of the molecule is C[C@H](NC(=O)[C@@H]1CCCN1C(=O)OC(C)(C)C)C(=O)O. The molecule has 2 amide bonds. The molecule has 1 aliphatic heterocycles. The van der Waals surface area contributed by atoms with E-state index in [-0.39, 0.29) is 0 Å². The van der Waals surface area contributed by atoms with Gasteiger partial charge in [-0.05, 0) is 40.5 Å². The highest BCUT2D eigenvalue weighted by Crippen LogP contribution is 2.21. The van der Waals surface area contributed by atoms with Crippen molar-refractivity contribution < 1.29 is 24.2 Å². The highest BCUT2D eigenvalue weighted by Gasteiger charge is 2.37. The van der Waals surface area contributed by atoms with Crippen LogP contribution in [0.2, 0.25) is 0 Å². The molecule has 0 radical (unpaired) electrons. The van der Waals surface area contributed by atoms with Gasteiger partial charge in [-0.3, -0.25) is 14.5 Å². The second kappa shape index (κ2) is 6.11. The number of nitrogens with one attached hydrogen (secondary N) is 1. The molecule has 1 fully saturated rings. The van der Waals surface area contributed by atoms with E-state index in [1.54, 1.807) is 20.8 Å². The number of carboxylic acids is 1. The summed E-state index contributed by atoms with van der Waals surface area (Å²) in [6.45, 7) is 7.08. The Morgan fingerprint density at radius 3 is 2.45 bits per heavy atom. The molecule has 0 aromatic carbocycles. The van der Waals surface area contributed by atoms with Gasteiger partial charge in [0, 0.05) is 6.54 Å². The molecule has 0 saturated carbocycles. The first kappa shape index (κ1) is 16.3. The minimum atomic E-state index is -1.11. The Hall–Kier alpha value is -1.79. The summed E-state index contributed by atoms with van der Waals surface area (Å²) in [5, 5.41) is 11.2. The Bertz CT molecular complexity index is 402. The Morgan fingerprint density at radius 1 is 1.35 bits per heavy atom. The summed E-state index contributed by atoms with van der Waals surface area (Å²) >= 11 is 0. The van der Waals surface area contributed by atoms with Crippen molar-refractivity contribution in [2.45, 2.75) is 58.2 Å². The molecule has 1 heterocycles. The van der Waals surface area contributed by atoms with Crippen LogP contribution in [-0.4, -0.2) is 52.2 Å². The van der Waals surface area contributed by atoms with Gasteiger partial charge in [-0.15, -0.1) is 0 Å². The van der Waals surface area contributed by atoms with E-state index in [9.17, 15) is 14.4 Å². The second-order valence-electron chi connectivity index (χ2n) is 5.90. The molecule has 1 saturated heterocycles. The maximum Gasteiger partial charge on any atom is 0.410 e. The first-order valence-corrected chi connectivity index (χ1v) is 6.64. The van der Waals surface area contributed by atoms with E-state index in [0.29, 0.717) is 19.4 Å². The average molecular weight is 286 g/mol. The zero-order valence-electron chi connectivity index (χ0n) is 12.3. The third kappa shape index (κ3) is 4.40. The smallest absolute Gasteiger partial charge is 0.410 e. The van der Waals surface area contributed by atoms with E-state index in [1.807, 2.05) is 0 Å². The molecule has 1 rings (SSSR count). The van der Waals surface area contributed by atoms with Gasteiger partial charge < -0.3 is 15.2 Å². The van der Waals surface area contributed by atoms with Crippen LogP contribution in [0.1, 0.15) is 40.5 Å². The number of nitrogens with zero attached hydrogens (tertiary/aromatic N) is 1. The Morgan fingerprint density at radius 2 is 1.95 bits per heavy atom. The van der Waals surface area contributed by atoms with Gasteiger partial charge in [-0.2, -0.15) is 0 Å². The van der Waals surface area contributed by atoms with Crippen molar-refractivity contribution in [3.05, 3.63) is 0 Å². The molecular formula is C13H22N2O5. The molecule has 0 spiro atoms. The summed E-state index contributed by atoms with van der Waals surface area (Å²) in [5.41, 5.74) is -0.630. The third-order valence-electron chi connectivity index (χ3n) is 2.91. The van der Waals surface area contributed by atoms with Crippen LogP contribution in [0.25, 0.3) is 0 Å². The highest BCUT2D eigenvalue weighted by atomic mass is 16.6. The van der Waals surface area contributed by atoms with E-state index < -0.39 is 35.7 Å². The number of ether oxygens (including phenoxy) is 1. The summed E-state index contributed by atoms with van der Waals surface area (Å²) in [7, 11) is 0. The topological polar surface area (TPSA) is 95.9 Å². The van der Waals surface area contributed by atoms with E-state index in [1.165, 1.54) is 11.8 Å². The van der Waals surface area contributed by atoms with Crippen LogP contribution >= 0.6 is 0 Å². The molecule has 0 aromatic rings. The number of aliphatic carboxylic acids is 1. The standard InChI is InChI=1S/C13H22N2O5/c1-8(11(17)18)14-10(16)9-6-5-7-15(9)12(19)20-13(2,3)4/h8-9H,5-7H2,1-4H3,(H,14,16)(H,17,18)/t8-,9-/m0/s1. The number of carbonyl (C=O) groups is 3. The maximum atomic E-state index is 12.0. The summed E-state index contributed by atoms with van der Waals surface area (Å²) in [4.78, 5) is 36.1. The average Bonchev–Trinajstić information content (AvgIpc) is 2.74. The van der Waals surface area contributed by atoms with Crippen LogP contribution in [0.3, 0.4) is 0 Å². The van der Waals surface area contributed by atoms with E-state index >= 15 is 0 Å². The number of hydrogen-bond acceptors (Lipinski definition) is 4. The first-order valence-electron chi connectivity index (χ1n) is 6.64. The molecule has 114 valence electrons. The fourth-order valence-corrected chi connectivity index (χ4v) is 1.95. The molecule has 20 heavy (non-hydrogen) atoms.